The summed E-state index contributed by atoms with van der Waals surface area (Å²) in [4.78, 5) is 60.4. The fraction of sp³-hybridized carbons (Fsp3) is 0.476. The first-order valence-corrected chi connectivity index (χ1v) is 10.6. The molecule has 0 saturated carbocycles. The van der Waals surface area contributed by atoms with Crippen molar-refractivity contribution in [1.82, 2.24) is 21.3 Å². The Balaban J connectivity index is 2.16. The number of aliphatic hydroxyl groups excluding tert-OH is 1. The summed E-state index contributed by atoms with van der Waals surface area (Å²) >= 11 is 0. The lowest BCUT2D eigenvalue weighted by Gasteiger charge is -2.24. The number of aromatic hydroxyl groups is 1. The maximum absolute atomic E-state index is 12.8. The minimum atomic E-state index is -1.62. The SMILES string of the molecule is NC(=O)CC(NC(=O)C(Cc1ccc(O)cc1)NC(=O)C(CO)NC(=O)C1CCCN1)C(=O)O. The van der Waals surface area contributed by atoms with Crippen molar-refractivity contribution in [3.05, 3.63) is 29.8 Å². The van der Waals surface area contributed by atoms with E-state index in [0.717, 1.165) is 6.42 Å². The van der Waals surface area contributed by atoms with Gasteiger partial charge in [-0.3, -0.25) is 19.2 Å². The monoisotopic (exact) mass is 479 g/mol. The third-order valence-corrected chi connectivity index (χ3v) is 5.22. The molecule has 0 aromatic heterocycles. The van der Waals surface area contributed by atoms with Gasteiger partial charge in [0.05, 0.1) is 19.1 Å². The van der Waals surface area contributed by atoms with Crippen molar-refractivity contribution < 1.29 is 39.3 Å². The fourth-order valence-electron chi connectivity index (χ4n) is 3.40. The van der Waals surface area contributed by atoms with E-state index in [2.05, 4.69) is 21.3 Å². The first kappa shape index (κ1) is 26.5. The van der Waals surface area contributed by atoms with E-state index in [4.69, 9.17) is 5.73 Å². The molecule has 2 rings (SSSR count). The summed E-state index contributed by atoms with van der Waals surface area (Å²) in [6.07, 6.45) is 0.592. The van der Waals surface area contributed by atoms with Gasteiger partial charge in [0.15, 0.2) is 0 Å². The van der Waals surface area contributed by atoms with E-state index in [1.54, 1.807) is 0 Å². The number of aliphatic carboxylic acids is 1. The van der Waals surface area contributed by atoms with Gasteiger partial charge in [-0.25, -0.2) is 4.79 Å². The van der Waals surface area contributed by atoms with Crippen molar-refractivity contribution in [2.45, 2.75) is 49.9 Å². The number of primary amides is 1. The second kappa shape index (κ2) is 12.5. The lowest BCUT2D eigenvalue weighted by molar-refractivity contribution is -0.143. The Bertz CT molecular complexity index is 901. The van der Waals surface area contributed by atoms with E-state index >= 15 is 0 Å². The highest BCUT2D eigenvalue weighted by Gasteiger charge is 2.31. The molecular weight excluding hydrogens is 450 g/mol. The third-order valence-electron chi connectivity index (χ3n) is 5.22. The van der Waals surface area contributed by atoms with Gasteiger partial charge in [-0.15, -0.1) is 0 Å². The highest BCUT2D eigenvalue weighted by Crippen LogP contribution is 2.12. The van der Waals surface area contributed by atoms with E-state index < -0.39 is 66.8 Å². The number of nitrogens with two attached hydrogens (primary N) is 1. The number of phenols is 1. The van der Waals surface area contributed by atoms with Crippen LogP contribution in [0.25, 0.3) is 0 Å². The topological polar surface area (TPSA) is 220 Å². The Morgan fingerprint density at radius 3 is 2.15 bits per heavy atom. The molecule has 0 radical (unpaired) electrons. The third kappa shape index (κ3) is 8.01. The van der Waals surface area contributed by atoms with E-state index in [1.807, 2.05) is 0 Å². The zero-order chi connectivity index (χ0) is 25.3. The van der Waals surface area contributed by atoms with Crippen LogP contribution in [-0.4, -0.2) is 82.2 Å². The number of hydrogen-bond acceptors (Lipinski definition) is 8. The predicted molar refractivity (Wildman–Crippen MR) is 117 cm³/mol. The summed E-state index contributed by atoms with van der Waals surface area (Å²) in [6, 6.07) is 0.922. The van der Waals surface area contributed by atoms with Crippen LogP contribution in [0, 0.1) is 0 Å². The van der Waals surface area contributed by atoms with Gasteiger partial charge in [0, 0.05) is 6.42 Å². The van der Waals surface area contributed by atoms with Gasteiger partial charge in [-0.05, 0) is 37.1 Å². The number of hydrogen-bond donors (Lipinski definition) is 8. The number of carbonyl (C=O) groups excluding carboxylic acids is 4. The van der Waals surface area contributed by atoms with Crippen LogP contribution >= 0.6 is 0 Å². The molecule has 1 aromatic rings. The quantitative estimate of drug-likeness (QED) is 0.154. The van der Waals surface area contributed by atoms with Crippen molar-refractivity contribution >= 4 is 29.6 Å². The lowest BCUT2D eigenvalue weighted by Crippen LogP contribution is -2.58. The molecule has 1 aliphatic rings. The second-order valence-corrected chi connectivity index (χ2v) is 7.89. The van der Waals surface area contributed by atoms with E-state index in [1.165, 1.54) is 24.3 Å². The Morgan fingerprint density at radius 2 is 1.62 bits per heavy atom. The minimum Gasteiger partial charge on any atom is -0.508 e. The van der Waals surface area contributed by atoms with Crippen LogP contribution < -0.4 is 27.0 Å². The highest BCUT2D eigenvalue weighted by molar-refractivity contribution is 5.95. The summed E-state index contributed by atoms with van der Waals surface area (Å²) in [5.74, 6) is -4.73. The molecule has 0 bridgehead atoms. The maximum atomic E-state index is 12.8. The van der Waals surface area contributed by atoms with Crippen molar-refractivity contribution in [1.29, 1.82) is 0 Å². The molecule has 13 heteroatoms. The average Bonchev–Trinajstić information content (AvgIpc) is 3.32. The van der Waals surface area contributed by atoms with Crippen LogP contribution in [0.3, 0.4) is 0 Å². The van der Waals surface area contributed by atoms with E-state index in [9.17, 15) is 39.3 Å². The van der Waals surface area contributed by atoms with Crippen LogP contribution in [0.2, 0.25) is 0 Å². The minimum absolute atomic E-state index is 0.0234. The van der Waals surface area contributed by atoms with Crippen molar-refractivity contribution in [3.63, 3.8) is 0 Å². The number of aliphatic hydroxyl groups is 1. The summed E-state index contributed by atoms with van der Waals surface area (Å²) in [5, 5.41) is 38.3. The number of nitrogens with one attached hydrogen (secondary N) is 4. The fourth-order valence-corrected chi connectivity index (χ4v) is 3.40. The summed E-state index contributed by atoms with van der Waals surface area (Å²) in [7, 11) is 0. The van der Waals surface area contributed by atoms with Crippen molar-refractivity contribution in [2.75, 3.05) is 13.2 Å². The highest BCUT2D eigenvalue weighted by atomic mass is 16.4. The van der Waals surface area contributed by atoms with Crippen LogP contribution in [0.5, 0.6) is 5.75 Å². The van der Waals surface area contributed by atoms with E-state index in [0.29, 0.717) is 18.5 Å². The smallest absolute Gasteiger partial charge is 0.326 e. The number of amides is 4. The van der Waals surface area contributed by atoms with Crippen LogP contribution in [0.1, 0.15) is 24.8 Å². The van der Waals surface area contributed by atoms with Crippen molar-refractivity contribution in [2.24, 2.45) is 5.73 Å². The molecular formula is C21H29N5O8. The zero-order valence-electron chi connectivity index (χ0n) is 18.3. The molecule has 1 saturated heterocycles. The predicted octanol–water partition coefficient (Wildman–Crippen LogP) is -2.91. The van der Waals surface area contributed by atoms with Crippen LogP contribution in [-0.2, 0) is 30.4 Å². The van der Waals surface area contributed by atoms with Crippen LogP contribution in [0.4, 0.5) is 0 Å². The second-order valence-electron chi connectivity index (χ2n) is 7.89. The molecule has 0 spiro atoms. The van der Waals surface area contributed by atoms with Gasteiger partial charge in [0.25, 0.3) is 0 Å². The average molecular weight is 479 g/mol. The van der Waals surface area contributed by atoms with E-state index in [-0.39, 0.29) is 12.2 Å². The first-order valence-electron chi connectivity index (χ1n) is 10.6. The molecule has 4 atom stereocenters. The van der Waals surface area contributed by atoms with Gasteiger partial charge in [-0.2, -0.15) is 0 Å². The number of rotatable bonds is 12. The molecule has 13 nitrogen and oxygen atoms in total. The summed E-state index contributed by atoms with van der Waals surface area (Å²) in [5.41, 5.74) is 5.55. The molecule has 34 heavy (non-hydrogen) atoms. The van der Waals surface area contributed by atoms with Gasteiger partial charge >= 0.3 is 5.97 Å². The largest absolute Gasteiger partial charge is 0.508 e. The van der Waals surface area contributed by atoms with Gasteiger partial charge in [0.2, 0.25) is 23.6 Å². The number of carbonyl (C=O) groups is 5. The Morgan fingerprint density at radius 1 is 1.00 bits per heavy atom. The number of phenolic OH excluding ortho intramolecular Hbond substituents is 1. The number of carboxylic acid groups (broad SMARTS) is 1. The molecule has 1 heterocycles. The molecule has 1 aromatic carbocycles. The van der Waals surface area contributed by atoms with Crippen molar-refractivity contribution in [3.8, 4) is 5.75 Å². The molecule has 0 aliphatic carbocycles. The Kier molecular flexibility index (Phi) is 9.76. The van der Waals surface area contributed by atoms with Gasteiger partial charge in [-0.1, -0.05) is 12.1 Å². The molecule has 9 N–H and O–H groups in total. The standard InChI is InChI=1S/C21H29N5O8/c22-17(29)9-15(21(33)34)25-19(31)14(8-11-3-5-12(28)6-4-11)24-20(32)16(10-27)26-18(30)13-2-1-7-23-13/h3-6,13-16,23,27-28H,1-2,7-10H2,(H2,22,29)(H,24,32)(H,25,31)(H,26,30)(H,33,34). The summed E-state index contributed by atoms with van der Waals surface area (Å²) in [6.45, 7) is -0.0870. The summed E-state index contributed by atoms with van der Waals surface area (Å²) < 4.78 is 0. The number of benzene rings is 1. The molecule has 4 unspecified atom stereocenters. The molecule has 1 fully saturated rings. The first-order chi connectivity index (χ1) is 16.1. The zero-order valence-corrected chi connectivity index (χ0v) is 18.3. The molecule has 4 amide bonds. The Labute approximate surface area is 195 Å². The maximum Gasteiger partial charge on any atom is 0.326 e. The van der Waals surface area contributed by atoms with Gasteiger partial charge < -0.3 is 42.3 Å². The van der Waals surface area contributed by atoms with Crippen LogP contribution in [0.15, 0.2) is 24.3 Å². The lowest BCUT2D eigenvalue weighted by atomic mass is 10.0. The molecule has 1 aliphatic heterocycles. The molecule has 186 valence electrons. The van der Waals surface area contributed by atoms with Gasteiger partial charge in [0.1, 0.15) is 23.9 Å². The number of carboxylic acids is 1. The Hall–Kier alpha value is -3.71. The normalized spacial score (nSPS) is 17.7.